The molecule has 0 aliphatic carbocycles. The van der Waals surface area contributed by atoms with E-state index in [0.717, 1.165) is 18.7 Å². The smallest absolute Gasteiger partial charge is 0.0968 e. The van der Waals surface area contributed by atoms with Crippen LogP contribution in [0.4, 0.5) is 0 Å². The van der Waals surface area contributed by atoms with Gasteiger partial charge in [0.2, 0.25) is 0 Å². The van der Waals surface area contributed by atoms with Crippen molar-refractivity contribution in [2.45, 2.75) is 47.5 Å². The van der Waals surface area contributed by atoms with Gasteiger partial charge in [0.25, 0.3) is 0 Å². The Labute approximate surface area is 99.9 Å². The van der Waals surface area contributed by atoms with Gasteiger partial charge in [0.05, 0.1) is 11.6 Å². The molecule has 0 aromatic rings. The van der Waals surface area contributed by atoms with Crippen LogP contribution < -0.4 is 0 Å². The molecule has 2 nitrogen and oxygen atoms in total. The molecular formula is C14H24N2. The predicted molar refractivity (Wildman–Crippen MR) is 67.7 cm³/mol. The molecule has 90 valence electrons. The topological polar surface area (TPSA) is 27.0 Å². The molecule has 1 fully saturated rings. The third kappa shape index (κ3) is 2.78. The van der Waals surface area contributed by atoms with Gasteiger partial charge in [-0.05, 0) is 18.8 Å². The first-order chi connectivity index (χ1) is 7.38. The summed E-state index contributed by atoms with van der Waals surface area (Å²) in [6, 6.07) is 2.42. The number of likely N-dealkylation sites (tertiary alicyclic amines) is 1. The van der Waals surface area contributed by atoms with Crippen molar-refractivity contribution in [3.63, 3.8) is 0 Å². The van der Waals surface area contributed by atoms with E-state index in [1.807, 2.05) is 0 Å². The van der Waals surface area contributed by atoms with Crippen LogP contribution in [0.5, 0.6) is 0 Å². The summed E-state index contributed by atoms with van der Waals surface area (Å²) in [5, 5.41) is 9.36. The van der Waals surface area contributed by atoms with Gasteiger partial charge in [-0.2, -0.15) is 5.26 Å². The van der Waals surface area contributed by atoms with Gasteiger partial charge < -0.3 is 4.90 Å². The van der Waals surface area contributed by atoms with Crippen molar-refractivity contribution in [3.8, 4) is 6.07 Å². The highest BCUT2D eigenvalue weighted by Gasteiger charge is 2.29. The van der Waals surface area contributed by atoms with Crippen LogP contribution in [0.2, 0.25) is 0 Å². The molecule has 0 unspecified atom stereocenters. The molecular weight excluding hydrogens is 196 g/mol. The van der Waals surface area contributed by atoms with Gasteiger partial charge in [-0.25, -0.2) is 0 Å². The summed E-state index contributed by atoms with van der Waals surface area (Å²) in [4.78, 5) is 2.42. The van der Waals surface area contributed by atoms with Crippen LogP contribution in [0.3, 0.4) is 0 Å². The highest BCUT2D eigenvalue weighted by molar-refractivity contribution is 5.32. The molecule has 1 aliphatic heterocycles. The van der Waals surface area contributed by atoms with Crippen LogP contribution >= 0.6 is 0 Å². The molecule has 0 amide bonds. The normalized spacial score (nSPS) is 18.7. The summed E-state index contributed by atoms with van der Waals surface area (Å²) in [7, 11) is 0. The summed E-state index contributed by atoms with van der Waals surface area (Å²) in [5.74, 6) is 0.319. The molecule has 16 heavy (non-hydrogen) atoms. The van der Waals surface area contributed by atoms with Gasteiger partial charge in [0, 0.05) is 24.2 Å². The molecule has 1 heterocycles. The Hall–Kier alpha value is -0.970. The molecule has 0 spiro atoms. The Morgan fingerprint density at radius 3 is 2.00 bits per heavy atom. The fourth-order valence-electron chi connectivity index (χ4n) is 2.44. The second-order valence-electron chi connectivity index (χ2n) is 5.97. The Morgan fingerprint density at radius 2 is 1.69 bits per heavy atom. The Bertz CT molecular complexity index is 307. The van der Waals surface area contributed by atoms with Crippen molar-refractivity contribution < 1.29 is 0 Å². The SMILES string of the molecule is CC(C)/C(C#N)=C(\N1CCCC1)C(C)(C)C. The quantitative estimate of drug-likeness (QED) is 0.665. The first-order valence-corrected chi connectivity index (χ1v) is 6.27. The Morgan fingerprint density at radius 1 is 1.19 bits per heavy atom. The lowest BCUT2D eigenvalue weighted by Gasteiger charge is -2.34. The van der Waals surface area contributed by atoms with Crippen LogP contribution in [0.25, 0.3) is 0 Å². The van der Waals surface area contributed by atoms with Gasteiger partial charge in [-0.1, -0.05) is 34.6 Å². The van der Waals surface area contributed by atoms with E-state index in [-0.39, 0.29) is 5.41 Å². The molecule has 1 aliphatic rings. The third-order valence-electron chi connectivity index (χ3n) is 3.09. The van der Waals surface area contributed by atoms with Gasteiger partial charge >= 0.3 is 0 Å². The van der Waals surface area contributed by atoms with Gasteiger partial charge in [-0.15, -0.1) is 0 Å². The lowest BCUT2D eigenvalue weighted by Crippen LogP contribution is -2.30. The van der Waals surface area contributed by atoms with E-state index in [2.05, 4.69) is 45.6 Å². The third-order valence-corrected chi connectivity index (χ3v) is 3.09. The van der Waals surface area contributed by atoms with E-state index < -0.39 is 0 Å². The van der Waals surface area contributed by atoms with Gasteiger partial charge in [-0.3, -0.25) is 0 Å². The molecule has 0 N–H and O–H groups in total. The van der Waals surface area contributed by atoms with Crippen molar-refractivity contribution in [3.05, 3.63) is 11.3 Å². The minimum absolute atomic E-state index is 0.0691. The second-order valence-corrected chi connectivity index (χ2v) is 5.97. The van der Waals surface area contributed by atoms with E-state index in [1.165, 1.54) is 18.5 Å². The van der Waals surface area contributed by atoms with Crippen molar-refractivity contribution in [1.29, 1.82) is 5.26 Å². The number of nitrogens with zero attached hydrogens (tertiary/aromatic N) is 2. The summed E-state index contributed by atoms with van der Waals surface area (Å²) in [6.45, 7) is 13.1. The molecule has 2 heteroatoms. The zero-order chi connectivity index (χ0) is 12.3. The van der Waals surface area contributed by atoms with Crippen LogP contribution in [-0.4, -0.2) is 18.0 Å². The van der Waals surface area contributed by atoms with E-state index in [4.69, 9.17) is 0 Å². The average molecular weight is 220 g/mol. The summed E-state index contributed by atoms with van der Waals surface area (Å²) < 4.78 is 0. The lowest BCUT2D eigenvalue weighted by atomic mass is 9.85. The fourth-order valence-corrected chi connectivity index (χ4v) is 2.44. The van der Waals surface area contributed by atoms with Crippen LogP contribution in [0, 0.1) is 22.7 Å². The first kappa shape index (κ1) is 13.1. The first-order valence-electron chi connectivity index (χ1n) is 6.27. The van der Waals surface area contributed by atoms with Gasteiger partial charge in [0.1, 0.15) is 0 Å². The molecule has 0 bridgehead atoms. The number of rotatable bonds is 2. The maximum absolute atomic E-state index is 9.36. The summed E-state index contributed by atoms with van der Waals surface area (Å²) in [5.41, 5.74) is 2.30. The van der Waals surface area contributed by atoms with Crippen LogP contribution in [0.15, 0.2) is 11.3 Å². The predicted octanol–water partition coefficient (Wildman–Crippen LogP) is 3.56. The molecule has 1 saturated heterocycles. The summed E-state index contributed by atoms with van der Waals surface area (Å²) in [6.07, 6.45) is 2.52. The number of hydrogen-bond acceptors (Lipinski definition) is 2. The maximum Gasteiger partial charge on any atom is 0.0968 e. The molecule has 0 saturated carbocycles. The minimum Gasteiger partial charge on any atom is -0.374 e. The Balaban J connectivity index is 3.18. The largest absolute Gasteiger partial charge is 0.374 e. The second kappa shape index (κ2) is 4.91. The zero-order valence-corrected chi connectivity index (χ0v) is 11.3. The number of hydrogen-bond donors (Lipinski definition) is 0. The van der Waals surface area contributed by atoms with Crippen LogP contribution in [0.1, 0.15) is 47.5 Å². The molecule has 0 aromatic heterocycles. The van der Waals surface area contributed by atoms with Crippen molar-refractivity contribution in [1.82, 2.24) is 4.90 Å². The summed E-state index contributed by atoms with van der Waals surface area (Å²) >= 11 is 0. The van der Waals surface area contributed by atoms with E-state index in [9.17, 15) is 5.26 Å². The van der Waals surface area contributed by atoms with Crippen LogP contribution in [-0.2, 0) is 0 Å². The number of nitriles is 1. The average Bonchev–Trinajstić information content (AvgIpc) is 2.63. The zero-order valence-electron chi connectivity index (χ0n) is 11.3. The molecule has 0 atom stereocenters. The molecule has 1 rings (SSSR count). The monoisotopic (exact) mass is 220 g/mol. The van der Waals surface area contributed by atoms with Crippen molar-refractivity contribution in [2.24, 2.45) is 11.3 Å². The van der Waals surface area contributed by atoms with Crippen molar-refractivity contribution in [2.75, 3.05) is 13.1 Å². The van der Waals surface area contributed by atoms with Gasteiger partial charge in [0.15, 0.2) is 0 Å². The van der Waals surface area contributed by atoms with Crippen molar-refractivity contribution >= 4 is 0 Å². The number of allylic oxidation sites excluding steroid dienone is 2. The fraction of sp³-hybridized carbons (Fsp3) is 0.786. The highest BCUT2D eigenvalue weighted by atomic mass is 15.2. The highest BCUT2D eigenvalue weighted by Crippen LogP contribution is 2.35. The standard InChI is InChI=1S/C14H24N2/c1-11(2)12(10-15)13(14(3,4)5)16-8-6-7-9-16/h11H,6-9H2,1-5H3/b13-12-. The van der Waals surface area contributed by atoms with E-state index >= 15 is 0 Å². The lowest BCUT2D eigenvalue weighted by molar-refractivity contribution is 0.304. The van der Waals surface area contributed by atoms with E-state index in [0.29, 0.717) is 5.92 Å². The molecule has 0 aromatic carbocycles. The Kier molecular flexibility index (Phi) is 4.02. The maximum atomic E-state index is 9.36. The minimum atomic E-state index is 0.0691. The van der Waals surface area contributed by atoms with E-state index in [1.54, 1.807) is 0 Å². The molecule has 0 radical (unpaired) electrons.